The molecule has 1 fully saturated rings. The van der Waals surface area contributed by atoms with Gasteiger partial charge < -0.3 is 14.7 Å². The number of aliphatic hydroxyl groups is 1. The molecule has 1 aromatic carbocycles. The molecule has 1 atom stereocenters. The molecule has 2 rings (SSSR count). The Morgan fingerprint density at radius 1 is 1.22 bits per heavy atom. The number of hydrogen-bond acceptors (Lipinski definition) is 2. The normalized spacial score (nSPS) is 17.9. The number of rotatable bonds is 5. The van der Waals surface area contributed by atoms with Gasteiger partial charge in [-0.2, -0.15) is 0 Å². The van der Waals surface area contributed by atoms with Gasteiger partial charge in [-0.05, 0) is 37.1 Å². The Kier molecular flexibility index (Phi) is 4.61. The largest absolute Gasteiger partial charge is 0.491 e. The number of hydrogen-bond donors (Lipinski definition) is 2. The summed E-state index contributed by atoms with van der Waals surface area (Å²) in [7, 11) is 0. The van der Waals surface area contributed by atoms with Crippen molar-refractivity contribution < 1.29 is 14.7 Å². The minimum Gasteiger partial charge on any atom is -0.491 e. The molecule has 1 aliphatic rings. The highest BCUT2D eigenvalue weighted by atomic mass is 16.5. The summed E-state index contributed by atoms with van der Waals surface area (Å²) in [5.74, 6) is 0.855. The highest BCUT2D eigenvalue weighted by Crippen LogP contribution is 2.16. The molecule has 0 unspecified atom stereocenters. The fourth-order valence-corrected chi connectivity index (χ4v) is 2.47. The van der Waals surface area contributed by atoms with E-state index in [9.17, 15) is 5.11 Å². The highest BCUT2D eigenvalue weighted by Gasteiger charge is 2.19. The Labute approximate surface area is 109 Å². The van der Waals surface area contributed by atoms with Crippen LogP contribution < -0.4 is 9.64 Å². The molecule has 0 saturated carbocycles. The summed E-state index contributed by atoms with van der Waals surface area (Å²) in [5.41, 5.74) is 2.50. The van der Waals surface area contributed by atoms with Crippen LogP contribution in [0.4, 0.5) is 0 Å². The number of quaternary nitrogens is 1. The SMILES string of the molecule is Cc1ccc(OC[C@@H](O)C[NH+]2CCCC2)cc1C. The number of benzene rings is 1. The van der Waals surface area contributed by atoms with Gasteiger partial charge in [0.25, 0.3) is 0 Å². The monoisotopic (exact) mass is 250 g/mol. The molecule has 1 aliphatic heterocycles. The van der Waals surface area contributed by atoms with E-state index in [2.05, 4.69) is 19.9 Å². The van der Waals surface area contributed by atoms with E-state index in [0.717, 1.165) is 12.3 Å². The number of aryl methyl sites for hydroxylation is 2. The zero-order chi connectivity index (χ0) is 13.0. The molecule has 3 heteroatoms. The molecule has 0 spiro atoms. The zero-order valence-corrected chi connectivity index (χ0v) is 11.4. The smallest absolute Gasteiger partial charge is 0.137 e. The van der Waals surface area contributed by atoms with Crippen molar-refractivity contribution in [2.45, 2.75) is 32.8 Å². The second-order valence-corrected chi connectivity index (χ2v) is 5.37. The number of ether oxygens (including phenoxy) is 1. The van der Waals surface area contributed by atoms with Gasteiger partial charge in [-0.15, -0.1) is 0 Å². The van der Waals surface area contributed by atoms with Gasteiger partial charge in [0.15, 0.2) is 0 Å². The molecule has 2 N–H and O–H groups in total. The van der Waals surface area contributed by atoms with E-state index in [4.69, 9.17) is 4.74 Å². The second-order valence-electron chi connectivity index (χ2n) is 5.37. The van der Waals surface area contributed by atoms with Gasteiger partial charge in [-0.1, -0.05) is 6.07 Å². The topological polar surface area (TPSA) is 33.9 Å². The van der Waals surface area contributed by atoms with E-state index < -0.39 is 0 Å². The van der Waals surface area contributed by atoms with Crippen LogP contribution in [0.2, 0.25) is 0 Å². The molecular weight excluding hydrogens is 226 g/mol. The Bertz CT molecular complexity index is 386. The molecule has 0 radical (unpaired) electrons. The summed E-state index contributed by atoms with van der Waals surface area (Å²) in [5, 5.41) is 9.95. The van der Waals surface area contributed by atoms with Crippen LogP contribution in [0.25, 0.3) is 0 Å². The molecular formula is C15H24NO2+. The Hall–Kier alpha value is -1.06. The third-order valence-corrected chi connectivity index (χ3v) is 3.76. The summed E-state index contributed by atoms with van der Waals surface area (Å²) < 4.78 is 5.65. The van der Waals surface area contributed by atoms with Crippen LogP contribution >= 0.6 is 0 Å². The molecule has 0 aromatic heterocycles. The minimum absolute atomic E-state index is 0.361. The van der Waals surface area contributed by atoms with Gasteiger partial charge in [0.05, 0.1) is 13.1 Å². The van der Waals surface area contributed by atoms with Crippen molar-refractivity contribution in [3.8, 4) is 5.75 Å². The van der Waals surface area contributed by atoms with Crippen molar-refractivity contribution in [2.24, 2.45) is 0 Å². The first-order valence-corrected chi connectivity index (χ1v) is 6.87. The Balaban J connectivity index is 1.77. The van der Waals surface area contributed by atoms with Crippen molar-refractivity contribution in [3.63, 3.8) is 0 Å². The number of aliphatic hydroxyl groups excluding tert-OH is 1. The molecule has 1 heterocycles. The van der Waals surface area contributed by atoms with Gasteiger partial charge in [0, 0.05) is 12.8 Å². The van der Waals surface area contributed by atoms with E-state index in [1.165, 1.54) is 42.0 Å². The first kappa shape index (κ1) is 13.4. The van der Waals surface area contributed by atoms with Crippen molar-refractivity contribution in [2.75, 3.05) is 26.2 Å². The van der Waals surface area contributed by atoms with E-state index in [1.54, 1.807) is 0 Å². The van der Waals surface area contributed by atoms with Crippen LogP contribution in [0.3, 0.4) is 0 Å². The maximum absolute atomic E-state index is 9.95. The molecule has 0 aliphatic carbocycles. The van der Waals surface area contributed by atoms with Crippen LogP contribution in [0.1, 0.15) is 24.0 Å². The molecule has 3 nitrogen and oxygen atoms in total. The Morgan fingerprint density at radius 3 is 2.61 bits per heavy atom. The summed E-state index contributed by atoms with van der Waals surface area (Å²) in [4.78, 5) is 1.51. The fraction of sp³-hybridized carbons (Fsp3) is 0.600. The molecule has 1 saturated heterocycles. The maximum Gasteiger partial charge on any atom is 0.137 e. The van der Waals surface area contributed by atoms with Crippen LogP contribution in [0, 0.1) is 13.8 Å². The molecule has 1 aromatic rings. The lowest BCUT2D eigenvalue weighted by atomic mass is 10.1. The van der Waals surface area contributed by atoms with Crippen LogP contribution in [-0.2, 0) is 0 Å². The zero-order valence-electron chi connectivity index (χ0n) is 11.4. The summed E-state index contributed by atoms with van der Waals surface area (Å²) >= 11 is 0. The van der Waals surface area contributed by atoms with Gasteiger partial charge in [-0.3, -0.25) is 0 Å². The molecule has 0 bridgehead atoms. The standard InChI is InChI=1S/C15H23NO2/c1-12-5-6-15(9-13(12)2)18-11-14(17)10-16-7-3-4-8-16/h5-6,9,14,17H,3-4,7-8,10-11H2,1-2H3/p+1/t14-/m0/s1. The maximum atomic E-state index is 9.95. The second kappa shape index (κ2) is 6.21. The van der Waals surface area contributed by atoms with E-state index in [1.807, 2.05) is 12.1 Å². The molecule has 18 heavy (non-hydrogen) atoms. The summed E-state index contributed by atoms with van der Waals surface area (Å²) in [6.45, 7) is 7.76. The summed E-state index contributed by atoms with van der Waals surface area (Å²) in [6, 6.07) is 6.06. The van der Waals surface area contributed by atoms with Crippen molar-refractivity contribution >= 4 is 0 Å². The number of likely N-dealkylation sites (tertiary alicyclic amines) is 1. The van der Waals surface area contributed by atoms with Crippen molar-refractivity contribution in [3.05, 3.63) is 29.3 Å². The van der Waals surface area contributed by atoms with Crippen LogP contribution in [0.5, 0.6) is 5.75 Å². The first-order valence-electron chi connectivity index (χ1n) is 6.87. The van der Waals surface area contributed by atoms with E-state index in [0.29, 0.717) is 6.61 Å². The fourth-order valence-electron chi connectivity index (χ4n) is 2.47. The van der Waals surface area contributed by atoms with Gasteiger partial charge >= 0.3 is 0 Å². The third-order valence-electron chi connectivity index (χ3n) is 3.76. The van der Waals surface area contributed by atoms with Crippen LogP contribution in [-0.4, -0.2) is 37.5 Å². The third kappa shape index (κ3) is 3.72. The van der Waals surface area contributed by atoms with Crippen molar-refractivity contribution in [1.82, 2.24) is 0 Å². The average molecular weight is 250 g/mol. The summed E-state index contributed by atoms with van der Waals surface area (Å²) in [6.07, 6.45) is 2.22. The molecule has 100 valence electrons. The Morgan fingerprint density at radius 2 is 1.94 bits per heavy atom. The quantitative estimate of drug-likeness (QED) is 0.807. The van der Waals surface area contributed by atoms with Gasteiger partial charge in [0.1, 0.15) is 25.0 Å². The molecule has 0 amide bonds. The highest BCUT2D eigenvalue weighted by molar-refractivity contribution is 5.33. The minimum atomic E-state index is -0.361. The predicted octanol–water partition coefficient (Wildman–Crippen LogP) is 0.722. The number of nitrogens with one attached hydrogen (secondary N) is 1. The van der Waals surface area contributed by atoms with E-state index >= 15 is 0 Å². The average Bonchev–Trinajstić information content (AvgIpc) is 2.83. The predicted molar refractivity (Wildman–Crippen MR) is 72.2 cm³/mol. The van der Waals surface area contributed by atoms with Gasteiger partial charge in [-0.25, -0.2) is 0 Å². The lowest BCUT2D eigenvalue weighted by Crippen LogP contribution is -3.11. The van der Waals surface area contributed by atoms with Crippen LogP contribution in [0.15, 0.2) is 18.2 Å². The van der Waals surface area contributed by atoms with E-state index in [-0.39, 0.29) is 6.10 Å². The first-order chi connectivity index (χ1) is 8.65. The van der Waals surface area contributed by atoms with Gasteiger partial charge in [0.2, 0.25) is 0 Å². The lowest BCUT2D eigenvalue weighted by molar-refractivity contribution is -0.890. The lowest BCUT2D eigenvalue weighted by Gasteiger charge is -2.17. The van der Waals surface area contributed by atoms with Crippen molar-refractivity contribution in [1.29, 1.82) is 0 Å².